The highest BCUT2D eigenvalue weighted by atomic mass is 35.5. The van der Waals surface area contributed by atoms with Crippen molar-refractivity contribution in [1.82, 2.24) is 4.90 Å². The van der Waals surface area contributed by atoms with Crippen LogP contribution < -0.4 is 10.6 Å². The van der Waals surface area contributed by atoms with Crippen molar-refractivity contribution in [3.63, 3.8) is 0 Å². The second-order valence-corrected chi connectivity index (χ2v) is 6.08. The molecule has 0 aliphatic rings. The first kappa shape index (κ1) is 17.8. The molecule has 5 nitrogen and oxygen atoms in total. The van der Waals surface area contributed by atoms with Crippen LogP contribution in [0.25, 0.3) is 0 Å². The summed E-state index contributed by atoms with van der Waals surface area (Å²) in [6.07, 6.45) is 0. The average Bonchev–Trinajstić information content (AvgIpc) is 2.55. The first-order chi connectivity index (χ1) is 11.4. The molecule has 0 aliphatic heterocycles. The summed E-state index contributed by atoms with van der Waals surface area (Å²) in [4.78, 5) is 25.5. The molecule has 0 fully saturated rings. The zero-order chi connectivity index (χ0) is 17.7. The SMILES string of the molecule is Cc1ccc(Cl)cc1NCC(=O)Nc1cccc(C(=O)N(C)C)c1. The van der Waals surface area contributed by atoms with Gasteiger partial charge in [0.15, 0.2) is 0 Å². The molecule has 6 heteroatoms. The molecule has 126 valence electrons. The van der Waals surface area contributed by atoms with Gasteiger partial charge in [0, 0.05) is 36.1 Å². The van der Waals surface area contributed by atoms with Crippen molar-refractivity contribution in [3.05, 3.63) is 58.6 Å². The van der Waals surface area contributed by atoms with Crippen LogP contribution in [-0.2, 0) is 4.79 Å². The van der Waals surface area contributed by atoms with E-state index in [2.05, 4.69) is 10.6 Å². The van der Waals surface area contributed by atoms with Crippen LogP contribution in [0.5, 0.6) is 0 Å². The number of rotatable bonds is 5. The molecular weight excluding hydrogens is 326 g/mol. The lowest BCUT2D eigenvalue weighted by molar-refractivity contribution is -0.114. The van der Waals surface area contributed by atoms with E-state index >= 15 is 0 Å². The zero-order valence-corrected chi connectivity index (χ0v) is 14.6. The van der Waals surface area contributed by atoms with E-state index in [0.29, 0.717) is 16.3 Å². The van der Waals surface area contributed by atoms with Crippen molar-refractivity contribution in [1.29, 1.82) is 0 Å². The van der Waals surface area contributed by atoms with Crippen LogP contribution in [0, 0.1) is 6.92 Å². The molecule has 2 rings (SSSR count). The monoisotopic (exact) mass is 345 g/mol. The standard InChI is InChI=1S/C18H20ClN3O2/c1-12-7-8-14(19)10-16(12)20-11-17(23)21-15-6-4-5-13(9-15)18(24)22(2)3/h4-10,20H,11H2,1-3H3,(H,21,23). The van der Waals surface area contributed by atoms with Gasteiger partial charge in [-0.05, 0) is 42.8 Å². The fourth-order valence-electron chi connectivity index (χ4n) is 2.15. The lowest BCUT2D eigenvalue weighted by atomic mass is 10.2. The van der Waals surface area contributed by atoms with Crippen molar-refractivity contribution in [2.24, 2.45) is 0 Å². The first-order valence-corrected chi connectivity index (χ1v) is 7.86. The minimum atomic E-state index is -0.205. The summed E-state index contributed by atoms with van der Waals surface area (Å²) in [6, 6.07) is 12.3. The van der Waals surface area contributed by atoms with Crippen LogP contribution in [-0.4, -0.2) is 37.4 Å². The summed E-state index contributed by atoms with van der Waals surface area (Å²) in [7, 11) is 3.37. The average molecular weight is 346 g/mol. The molecule has 0 atom stereocenters. The van der Waals surface area contributed by atoms with Crippen molar-refractivity contribution in [2.75, 3.05) is 31.3 Å². The maximum absolute atomic E-state index is 12.1. The molecule has 0 radical (unpaired) electrons. The Balaban J connectivity index is 1.99. The topological polar surface area (TPSA) is 61.4 Å². The van der Waals surface area contributed by atoms with Gasteiger partial charge in [0.25, 0.3) is 5.91 Å². The molecule has 0 bridgehead atoms. The molecule has 2 aromatic rings. The molecular formula is C18H20ClN3O2. The minimum absolute atomic E-state index is 0.104. The van der Waals surface area contributed by atoms with Gasteiger partial charge in [-0.3, -0.25) is 9.59 Å². The predicted octanol–water partition coefficient (Wildman–Crippen LogP) is 3.40. The Labute approximate surface area is 146 Å². The third-order valence-electron chi connectivity index (χ3n) is 3.44. The molecule has 2 N–H and O–H groups in total. The maximum atomic E-state index is 12.1. The molecule has 0 aromatic heterocycles. The summed E-state index contributed by atoms with van der Waals surface area (Å²) in [5, 5.41) is 6.44. The zero-order valence-electron chi connectivity index (χ0n) is 13.9. The van der Waals surface area contributed by atoms with Crippen LogP contribution in [0.2, 0.25) is 5.02 Å². The fourth-order valence-corrected chi connectivity index (χ4v) is 2.33. The Kier molecular flexibility index (Phi) is 5.82. The number of carbonyl (C=O) groups excluding carboxylic acids is 2. The van der Waals surface area contributed by atoms with Gasteiger partial charge in [-0.25, -0.2) is 0 Å². The van der Waals surface area contributed by atoms with Gasteiger partial charge in [0.1, 0.15) is 0 Å². The van der Waals surface area contributed by atoms with E-state index in [1.54, 1.807) is 50.5 Å². The number of carbonyl (C=O) groups is 2. The second kappa shape index (κ2) is 7.84. The molecule has 0 unspecified atom stereocenters. The van der Waals surface area contributed by atoms with Gasteiger partial charge in [-0.15, -0.1) is 0 Å². The summed E-state index contributed by atoms with van der Waals surface area (Å²) >= 11 is 5.96. The predicted molar refractivity (Wildman–Crippen MR) is 97.8 cm³/mol. The van der Waals surface area contributed by atoms with E-state index in [0.717, 1.165) is 11.3 Å². The number of aryl methyl sites for hydroxylation is 1. The quantitative estimate of drug-likeness (QED) is 0.873. The van der Waals surface area contributed by atoms with Gasteiger partial charge >= 0.3 is 0 Å². The lowest BCUT2D eigenvalue weighted by Gasteiger charge is -2.13. The van der Waals surface area contributed by atoms with Crippen molar-refractivity contribution in [2.45, 2.75) is 6.92 Å². The Bertz CT molecular complexity index is 760. The molecule has 0 aliphatic carbocycles. The number of anilines is 2. The van der Waals surface area contributed by atoms with E-state index in [4.69, 9.17) is 11.6 Å². The Morgan fingerprint density at radius 2 is 1.88 bits per heavy atom. The van der Waals surface area contributed by atoms with Gasteiger partial charge in [-0.1, -0.05) is 23.7 Å². The molecule has 2 amide bonds. The molecule has 2 aromatic carbocycles. The fraction of sp³-hybridized carbons (Fsp3) is 0.222. The Morgan fingerprint density at radius 3 is 2.58 bits per heavy atom. The Hall–Kier alpha value is -2.53. The summed E-state index contributed by atoms with van der Waals surface area (Å²) in [6.45, 7) is 2.04. The molecule has 0 spiro atoms. The third-order valence-corrected chi connectivity index (χ3v) is 3.67. The maximum Gasteiger partial charge on any atom is 0.253 e. The van der Waals surface area contributed by atoms with Gasteiger partial charge in [-0.2, -0.15) is 0 Å². The number of nitrogens with one attached hydrogen (secondary N) is 2. The summed E-state index contributed by atoms with van der Waals surface area (Å²) < 4.78 is 0. The normalized spacial score (nSPS) is 10.2. The van der Waals surface area contributed by atoms with Crippen molar-refractivity contribution < 1.29 is 9.59 Å². The number of halogens is 1. The van der Waals surface area contributed by atoms with Crippen LogP contribution in [0.15, 0.2) is 42.5 Å². The summed E-state index contributed by atoms with van der Waals surface area (Å²) in [5.41, 5.74) is 2.92. The van der Waals surface area contributed by atoms with Gasteiger partial charge in [0.2, 0.25) is 5.91 Å². The van der Waals surface area contributed by atoms with Crippen LogP contribution in [0.3, 0.4) is 0 Å². The van der Waals surface area contributed by atoms with Crippen LogP contribution in [0.1, 0.15) is 15.9 Å². The number of amides is 2. The van der Waals surface area contributed by atoms with Crippen LogP contribution >= 0.6 is 11.6 Å². The largest absolute Gasteiger partial charge is 0.376 e. The van der Waals surface area contributed by atoms with Crippen molar-refractivity contribution >= 4 is 34.8 Å². The van der Waals surface area contributed by atoms with E-state index in [1.165, 1.54) is 4.90 Å². The van der Waals surface area contributed by atoms with E-state index in [-0.39, 0.29) is 18.4 Å². The van der Waals surface area contributed by atoms with E-state index in [9.17, 15) is 9.59 Å². The highest BCUT2D eigenvalue weighted by Crippen LogP contribution is 2.20. The lowest BCUT2D eigenvalue weighted by Crippen LogP contribution is -2.23. The number of benzene rings is 2. The third kappa shape index (κ3) is 4.73. The highest BCUT2D eigenvalue weighted by Gasteiger charge is 2.10. The molecule has 24 heavy (non-hydrogen) atoms. The number of hydrogen-bond donors (Lipinski definition) is 2. The highest BCUT2D eigenvalue weighted by molar-refractivity contribution is 6.30. The van der Waals surface area contributed by atoms with Crippen LogP contribution in [0.4, 0.5) is 11.4 Å². The molecule has 0 heterocycles. The summed E-state index contributed by atoms with van der Waals surface area (Å²) in [5.74, 6) is -0.317. The van der Waals surface area contributed by atoms with E-state index < -0.39 is 0 Å². The number of hydrogen-bond acceptors (Lipinski definition) is 3. The van der Waals surface area contributed by atoms with Gasteiger partial charge < -0.3 is 15.5 Å². The van der Waals surface area contributed by atoms with E-state index in [1.807, 2.05) is 13.0 Å². The minimum Gasteiger partial charge on any atom is -0.376 e. The molecule has 0 saturated heterocycles. The van der Waals surface area contributed by atoms with Gasteiger partial charge in [0.05, 0.1) is 6.54 Å². The molecule has 0 saturated carbocycles. The number of nitrogens with zero attached hydrogens (tertiary/aromatic N) is 1. The first-order valence-electron chi connectivity index (χ1n) is 7.48. The smallest absolute Gasteiger partial charge is 0.253 e. The van der Waals surface area contributed by atoms with Crippen molar-refractivity contribution in [3.8, 4) is 0 Å². The second-order valence-electron chi connectivity index (χ2n) is 5.64. The Morgan fingerprint density at radius 1 is 1.12 bits per heavy atom.